The van der Waals surface area contributed by atoms with Gasteiger partial charge in [-0.25, -0.2) is 0 Å². The first-order chi connectivity index (χ1) is 5.86. The summed E-state index contributed by atoms with van der Waals surface area (Å²) >= 11 is 0. The lowest BCUT2D eigenvalue weighted by Crippen LogP contribution is -1.77. The summed E-state index contributed by atoms with van der Waals surface area (Å²) in [6, 6.07) is 8.45. The second-order valence-corrected chi connectivity index (χ2v) is 3.21. The zero-order valence-corrected chi connectivity index (χ0v) is 7.20. The Hall–Kier alpha value is -1.30. The lowest BCUT2D eigenvalue weighted by Gasteiger charge is -1.96. The topological polar surface area (TPSA) is 0 Å². The van der Waals surface area contributed by atoms with Gasteiger partial charge in [0.2, 0.25) is 0 Å². The van der Waals surface area contributed by atoms with Crippen LogP contribution in [-0.4, -0.2) is 0 Å². The molecule has 0 saturated carbocycles. The predicted octanol–water partition coefficient (Wildman–Crippen LogP) is 4.00. The summed E-state index contributed by atoms with van der Waals surface area (Å²) in [5.74, 6) is 0.553. The molecule has 0 atom stereocenters. The molecule has 0 aromatic heterocycles. The molecule has 0 unspecified atom stereocenters. The number of benzene rings is 1. The fourth-order valence-electron chi connectivity index (χ4n) is 1.39. The molecular weight excluding hydrogens is 156 g/mol. The van der Waals surface area contributed by atoms with Crippen molar-refractivity contribution >= 4 is 12.2 Å². The van der Waals surface area contributed by atoms with E-state index in [2.05, 4.69) is 55.5 Å². The van der Waals surface area contributed by atoms with Crippen molar-refractivity contribution in [2.45, 2.75) is 14.4 Å². The number of hydrogen-bond acceptors (Lipinski definition) is 0. The van der Waals surface area contributed by atoms with E-state index in [1.165, 1.54) is 11.1 Å². The molecule has 1 aliphatic rings. The monoisotopic (exact) mass is 172 g/mol. The van der Waals surface area contributed by atoms with Crippen molar-refractivity contribution in [1.82, 2.24) is 0 Å². The minimum atomic E-state index is 0. The highest BCUT2D eigenvalue weighted by Crippen LogP contribution is 2.18. The largest absolute Gasteiger partial charge is 0.0776 e. The molecule has 0 spiro atoms. The van der Waals surface area contributed by atoms with Crippen LogP contribution in [0, 0.1) is 5.92 Å². The molecule has 0 amide bonds. The van der Waals surface area contributed by atoms with E-state index < -0.39 is 0 Å². The van der Waals surface area contributed by atoms with Crippen LogP contribution in [0.5, 0.6) is 0 Å². The van der Waals surface area contributed by atoms with Gasteiger partial charge in [-0.1, -0.05) is 62.9 Å². The lowest BCUT2D eigenvalue weighted by molar-refractivity contribution is 0.954. The molecule has 1 aromatic rings. The third kappa shape index (κ3) is 2.09. The summed E-state index contributed by atoms with van der Waals surface area (Å²) in [7, 11) is 0. The maximum absolute atomic E-state index is 2.22. The number of rotatable bonds is 0. The van der Waals surface area contributed by atoms with E-state index in [0.29, 0.717) is 5.92 Å². The van der Waals surface area contributed by atoms with E-state index in [1.54, 1.807) is 0 Å². The molecule has 0 bridgehead atoms. The molecule has 1 aromatic carbocycles. The van der Waals surface area contributed by atoms with Gasteiger partial charge in [0.25, 0.3) is 0 Å². The van der Waals surface area contributed by atoms with Crippen molar-refractivity contribution in [3.8, 4) is 0 Å². The maximum Gasteiger partial charge on any atom is -0.00752 e. The molecule has 0 heterocycles. The quantitative estimate of drug-likeness (QED) is 0.555. The Labute approximate surface area is 80.6 Å². The van der Waals surface area contributed by atoms with Crippen LogP contribution < -0.4 is 0 Å². The summed E-state index contributed by atoms with van der Waals surface area (Å²) in [5.41, 5.74) is 2.64. The summed E-state index contributed by atoms with van der Waals surface area (Å²) in [4.78, 5) is 0. The molecule has 0 saturated heterocycles. The molecule has 0 aliphatic heterocycles. The zero-order chi connectivity index (χ0) is 8.39. The minimum absolute atomic E-state index is 0. The van der Waals surface area contributed by atoms with Crippen molar-refractivity contribution in [1.29, 1.82) is 0 Å². The summed E-state index contributed by atoms with van der Waals surface area (Å²) < 4.78 is 0. The Bertz CT molecular complexity index is 299. The molecule has 13 heavy (non-hydrogen) atoms. The SMILES string of the molecule is C.CC1C=Cc2ccccc2C=C1. The van der Waals surface area contributed by atoms with E-state index in [9.17, 15) is 0 Å². The lowest BCUT2D eigenvalue weighted by atomic mass is 10.1. The van der Waals surface area contributed by atoms with Crippen molar-refractivity contribution < 1.29 is 0 Å². The van der Waals surface area contributed by atoms with Crippen LogP contribution in [-0.2, 0) is 0 Å². The molecule has 0 fully saturated rings. The molecule has 0 heteroatoms. The van der Waals surface area contributed by atoms with Crippen molar-refractivity contribution in [2.24, 2.45) is 5.92 Å². The highest BCUT2D eigenvalue weighted by molar-refractivity contribution is 5.67. The highest BCUT2D eigenvalue weighted by Gasteiger charge is 1.99. The Morgan fingerprint density at radius 2 is 1.38 bits per heavy atom. The predicted molar refractivity (Wildman–Crippen MR) is 60.4 cm³/mol. The van der Waals surface area contributed by atoms with Crippen molar-refractivity contribution in [2.75, 3.05) is 0 Å². The van der Waals surface area contributed by atoms with E-state index in [-0.39, 0.29) is 7.43 Å². The Kier molecular flexibility index (Phi) is 3.07. The molecule has 68 valence electrons. The van der Waals surface area contributed by atoms with E-state index in [0.717, 1.165) is 0 Å². The third-order valence-electron chi connectivity index (χ3n) is 2.15. The smallest absolute Gasteiger partial charge is 0.00752 e. The molecule has 2 rings (SSSR count). The second kappa shape index (κ2) is 4.08. The summed E-state index contributed by atoms with van der Waals surface area (Å²) in [6.45, 7) is 2.19. The number of allylic oxidation sites excluding steroid dienone is 2. The summed E-state index contributed by atoms with van der Waals surface area (Å²) in [5, 5.41) is 0. The molecule has 1 aliphatic carbocycles. The normalized spacial score (nSPS) is 14.5. The number of hydrogen-bond donors (Lipinski definition) is 0. The van der Waals surface area contributed by atoms with Crippen molar-refractivity contribution in [3.63, 3.8) is 0 Å². The van der Waals surface area contributed by atoms with Gasteiger partial charge in [-0.3, -0.25) is 0 Å². The Morgan fingerprint density at radius 1 is 0.923 bits per heavy atom. The van der Waals surface area contributed by atoms with Gasteiger partial charge in [0, 0.05) is 0 Å². The van der Waals surface area contributed by atoms with Crippen LogP contribution in [0.4, 0.5) is 0 Å². The fourth-order valence-corrected chi connectivity index (χ4v) is 1.39. The van der Waals surface area contributed by atoms with Crippen molar-refractivity contribution in [3.05, 3.63) is 47.5 Å². The Balaban J connectivity index is 0.000000845. The van der Waals surface area contributed by atoms with E-state index in [4.69, 9.17) is 0 Å². The van der Waals surface area contributed by atoms with E-state index >= 15 is 0 Å². The second-order valence-electron chi connectivity index (χ2n) is 3.21. The van der Waals surface area contributed by atoms with Gasteiger partial charge < -0.3 is 0 Å². The van der Waals surface area contributed by atoms with Crippen LogP contribution in [0.25, 0.3) is 12.2 Å². The molecule has 0 N–H and O–H groups in total. The van der Waals surface area contributed by atoms with Crippen LogP contribution in [0.1, 0.15) is 25.5 Å². The third-order valence-corrected chi connectivity index (χ3v) is 2.15. The van der Waals surface area contributed by atoms with Crippen LogP contribution in [0.3, 0.4) is 0 Å². The first kappa shape index (κ1) is 9.79. The molecular formula is C13H16. The van der Waals surface area contributed by atoms with Gasteiger partial charge in [0.1, 0.15) is 0 Å². The van der Waals surface area contributed by atoms with Crippen LogP contribution in [0.15, 0.2) is 36.4 Å². The minimum Gasteiger partial charge on any atom is -0.0776 e. The Morgan fingerprint density at radius 3 is 1.85 bits per heavy atom. The fraction of sp³-hybridized carbons (Fsp3) is 0.231. The van der Waals surface area contributed by atoms with Gasteiger partial charge in [-0.2, -0.15) is 0 Å². The van der Waals surface area contributed by atoms with Gasteiger partial charge in [0.15, 0.2) is 0 Å². The average molecular weight is 172 g/mol. The highest BCUT2D eigenvalue weighted by atomic mass is 14.0. The van der Waals surface area contributed by atoms with Gasteiger partial charge in [-0.05, 0) is 17.0 Å². The maximum atomic E-state index is 2.22. The first-order valence-electron chi connectivity index (χ1n) is 4.32. The van der Waals surface area contributed by atoms with Gasteiger partial charge >= 0.3 is 0 Å². The van der Waals surface area contributed by atoms with Gasteiger partial charge in [0.05, 0.1) is 0 Å². The molecule has 0 nitrogen and oxygen atoms in total. The number of fused-ring (bicyclic) bond motifs is 1. The first-order valence-corrected chi connectivity index (χ1v) is 4.32. The van der Waals surface area contributed by atoms with Crippen LogP contribution in [0.2, 0.25) is 0 Å². The average Bonchev–Trinajstić information content (AvgIpc) is 2.29. The standard InChI is InChI=1S/C12H12.CH4/c1-10-6-8-11-4-2-3-5-12(11)9-7-10;/h2-10H,1H3;1H4. The zero-order valence-electron chi connectivity index (χ0n) is 7.20. The van der Waals surface area contributed by atoms with Gasteiger partial charge in [-0.15, -0.1) is 0 Å². The van der Waals surface area contributed by atoms with Crippen LogP contribution >= 0.6 is 0 Å². The van der Waals surface area contributed by atoms with E-state index in [1.807, 2.05) is 0 Å². The summed E-state index contributed by atoms with van der Waals surface area (Å²) in [6.07, 6.45) is 8.84. The molecule has 0 radical (unpaired) electrons.